The Labute approximate surface area is 199 Å². The molecule has 0 aromatic heterocycles. The molecular weight excluding hydrogens is 436 g/mol. The molecule has 1 aliphatic heterocycles. The van der Waals surface area contributed by atoms with Crippen LogP contribution >= 0.6 is 0 Å². The maximum atomic E-state index is 13.2. The number of likely N-dealkylation sites (tertiary alicyclic amines) is 1. The highest BCUT2D eigenvalue weighted by atomic mass is 16.5. The van der Waals surface area contributed by atoms with Crippen molar-refractivity contribution >= 4 is 17.4 Å². The third-order valence-corrected chi connectivity index (χ3v) is 5.55. The lowest BCUT2D eigenvalue weighted by Gasteiger charge is -2.28. The van der Waals surface area contributed by atoms with Gasteiger partial charge in [-0.1, -0.05) is 24.8 Å². The molecule has 1 amide bonds. The van der Waals surface area contributed by atoms with Crippen LogP contribution in [0.25, 0.3) is 5.76 Å². The van der Waals surface area contributed by atoms with Gasteiger partial charge in [-0.25, -0.2) is 0 Å². The number of aliphatic hydroxyl groups is 1. The Bertz CT molecular complexity index is 1090. The van der Waals surface area contributed by atoms with Gasteiger partial charge in [0.25, 0.3) is 11.7 Å². The number of benzene rings is 2. The summed E-state index contributed by atoms with van der Waals surface area (Å²) < 4.78 is 16.5. The first-order chi connectivity index (χ1) is 16.3. The van der Waals surface area contributed by atoms with Crippen LogP contribution in [0.15, 0.2) is 60.7 Å². The van der Waals surface area contributed by atoms with E-state index in [1.165, 1.54) is 19.1 Å². The molecule has 0 bridgehead atoms. The molecule has 2 aromatic rings. The molecule has 1 heterocycles. The number of carbonyl (C=O) groups excluding carboxylic acids is 2. The lowest BCUT2D eigenvalue weighted by atomic mass is 9.94. The SMILES string of the molecule is C=CCOc1ccc(/C(O)=C2/C(=O)C(=O)N(CCN(C)C)C2c2cccc(OC)c2OC)cc1. The summed E-state index contributed by atoms with van der Waals surface area (Å²) in [6.07, 6.45) is 1.63. The van der Waals surface area contributed by atoms with E-state index in [0.29, 0.717) is 41.5 Å². The van der Waals surface area contributed by atoms with E-state index in [-0.39, 0.29) is 17.9 Å². The highest BCUT2D eigenvalue weighted by Gasteiger charge is 2.47. The van der Waals surface area contributed by atoms with Crippen molar-refractivity contribution in [3.8, 4) is 17.2 Å². The van der Waals surface area contributed by atoms with Crippen molar-refractivity contribution in [2.24, 2.45) is 0 Å². The predicted octanol–water partition coefficient (Wildman–Crippen LogP) is 3.25. The molecule has 0 spiro atoms. The van der Waals surface area contributed by atoms with Crippen LogP contribution in [-0.4, -0.2) is 74.6 Å². The zero-order chi connectivity index (χ0) is 24.8. The number of nitrogens with zero attached hydrogens (tertiary/aromatic N) is 2. The maximum Gasteiger partial charge on any atom is 0.295 e. The Morgan fingerprint density at radius 3 is 2.41 bits per heavy atom. The number of Topliss-reactive ketones (excluding diaryl/α,β-unsaturated/α-hetero) is 1. The maximum absolute atomic E-state index is 13.2. The van der Waals surface area contributed by atoms with Crippen LogP contribution in [0.3, 0.4) is 0 Å². The number of ketones is 1. The molecule has 1 aliphatic rings. The number of para-hydroxylation sites is 1. The van der Waals surface area contributed by atoms with E-state index in [1.807, 2.05) is 19.0 Å². The number of ether oxygens (including phenoxy) is 3. The molecule has 8 nitrogen and oxygen atoms in total. The van der Waals surface area contributed by atoms with Crippen LogP contribution in [0.1, 0.15) is 17.2 Å². The van der Waals surface area contributed by atoms with Gasteiger partial charge in [0.05, 0.1) is 25.8 Å². The van der Waals surface area contributed by atoms with E-state index in [2.05, 4.69) is 6.58 Å². The zero-order valence-electron chi connectivity index (χ0n) is 19.9. The molecule has 1 fully saturated rings. The van der Waals surface area contributed by atoms with Crippen LogP contribution < -0.4 is 14.2 Å². The monoisotopic (exact) mass is 466 g/mol. The van der Waals surface area contributed by atoms with Gasteiger partial charge in [-0.15, -0.1) is 0 Å². The number of hydrogen-bond acceptors (Lipinski definition) is 7. The summed E-state index contributed by atoms with van der Waals surface area (Å²) >= 11 is 0. The molecule has 1 unspecified atom stereocenters. The molecule has 2 aromatic carbocycles. The van der Waals surface area contributed by atoms with E-state index in [1.54, 1.807) is 48.5 Å². The lowest BCUT2D eigenvalue weighted by molar-refractivity contribution is -0.140. The number of carbonyl (C=O) groups is 2. The Balaban J connectivity index is 2.16. The summed E-state index contributed by atoms with van der Waals surface area (Å²) in [6.45, 7) is 4.78. The van der Waals surface area contributed by atoms with Gasteiger partial charge in [-0.3, -0.25) is 9.59 Å². The van der Waals surface area contributed by atoms with E-state index in [0.717, 1.165) is 0 Å². The Kier molecular flexibility index (Phi) is 7.96. The molecule has 1 atom stereocenters. The van der Waals surface area contributed by atoms with Crippen LogP contribution in [-0.2, 0) is 9.59 Å². The molecule has 0 saturated carbocycles. The molecule has 3 rings (SSSR count). The van der Waals surface area contributed by atoms with Crippen molar-refractivity contribution in [2.75, 3.05) is 48.0 Å². The normalized spacial score (nSPS) is 17.2. The van der Waals surface area contributed by atoms with Crippen molar-refractivity contribution in [3.05, 3.63) is 71.8 Å². The quantitative estimate of drug-likeness (QED) is 0.249. The van der Waals surface area contributed by atoms with E-state index < -0.39 is 17.7 Å². The van der Waals surface area contributed by atoms with Gasteiger partial charge in [0.15, 0.2) is 11.5 Å². The van der Waals surface area contributed by atoms with Gasteiger partial charge < -0.3 is 29.1 Å². The summed E-state index contributed by atoms with van der Waals surface area (Å²) in [5.41, 5.74) is 0.936. The second kappa shape index (κ2) is 10.9. The fraction of sp³-hybridized carbons (Fsp3) is 0.308. The standard InChI is InChI=1S/C26H30N2O6/c1-6-16-34-18-12-10-17(11-13-18)23(29)21-22(19-8-7-9-20(32-4)25(19)33-5)28(15-14-27(2)3)26(31)24(21)30/h6-13,22,29H,1,14-16H2,2-5H3/b23-21-. The molecule has 8 heteroatoms. The Morgan fingerprint density at radius 1 is 1.12 bits per heavy atom. The van der Waals surface area contributed by atoms with Crippen molar-refractivity contribution in [3.63, 3.8) is 0 Å². The first-order valence-electron chi connectivity index (χ1n) is 10.8. The third kappa shape index (κ3) is 4.92. The Hall–Kier alpha value is -3.78. The minimum Gasteiger partial charge on any atom is -0.507 e. The molecule has 1 N–H and O–H groups in total. The average Bonchev–Trinajstić information content (AvgIpc) is 3.10. The molecule has 0 radical (unpaired) electrons. The minimum absolute atomic E-state index is 0.00457. The largest absolute Gasteiger partial charge is 0.507 e. The topological polar surface area (TPSA) is 88.5 Å². The number of likely N-dealkylation sites (N-methyl/N-ethyl adjacent to an activating group) is 1. The summed E-state index contributed by atoms with van der Waals surface area (Å²) in [5.74, 6) is -0.250. The highest BCUT2D eigenvalue weighted by molar-refractivity contribution is 6.46. The van der Waals surface area contributed by atoms with E-state index in [4.69, 9.17) is 14.2 Å². The second-order valence-electron chi connectivity index (χ2n) is 8.00. The smallest absolute Gasteiger partial charge is 0.295 e. The van der Waals surface area contributed by atoms with Gasteiger partial charge in [-0.05, 0) is 44.4 Å². The number of hydrogen-bond donors (Lipinski definition) is 1. The summed E-state index contributed by atoms with van der Waals surface area (Å²) in [6, 6.07) is 11.1. The first-order valence-corrected chi connectivity index (χ1v) is 10.8. The first kappa shape index (κ1) is 24.9. The van der Waals surface area contributed by atoms with Crippen molar-refractivity contribution in [1.29, 1.82) is 0 Å². The molecule has 180 valence electrons. The van der Waals surface area contributed by atoms with Gasteiger partial charge in [0.2, 0.25) is 0 Å². The average molecular weight is 467 g/mol. The lowest BCUT2D eigenvalue weighted by Crippen LogP contribution is -2.35. The third-order valence-electron chi connectivity index (χ3n) is 5.55. The predicted molar refractivity (Wildman–Crippen MR) is 129 cm³/mol. The summed E-state index contributed by atoms with van der Waals surface area (Å²) in [7, 11) is 6.78. The highest BCUT2D eigenvalue weighted by Crippen LogP contribution is 2.45. The van der Waals surface area contributed by atoms with Crippen molar-refractivity contribution < 1.29 is 28.9 Å². The van der Waals surface area contributed by atoms with Crippen LogP contribution in [0.5, 0.6) is 17.2 Å². The van der Waals surface area contributed by atoms with Gasteiger partial charge in [-0.2, -0.15) is 0 Å². The van der Waals surface area contributed by atoms with Gasteiger partial charge >= 0.3 is 0 Å². The van der Waals surface area contributed by atoms with Crippen LogP contribution in [0.2, 0.25) is 0 Å². The van der Waals surface area contributed by atoms with E-state index >= 15 is 0 Å². The van der Waals surface area contributed by atoms with Crippen molar-refractivity contribution in [1.82, 2.24) is 9.80 Å². The van der Waals surface area contributed by atoms with Crippen molar-refractivity contribution in [2.45, 2.75) is 6.04 Å². The number of rotatable bonds is 10. The van der Waals surface area contributed by atoms with Gasteiger partial charge in [0.1, 0.15) is 18.1 Å². The van der Waals surface area contributed by atoms with Crippen LogP contribution in [0, 0.1) is 0 Å². The molecule has 1 saturated heterocycles. The summed E-state index contributed by atoms with van der Waals surface area (Å²) in [5, 5.41) is 11.2. The fourth-order valence-corrected chi connectivity index (χ4v) is 3.89. The zero-order valence-corrected chi connectivity index (χ0v) is 19.9. The number of methoxy groups -OCH3 is 2. The molecular formula is C26H30N2O6. The number of amides is 1. The second-order valence-corrected chi connectivity index (χ2v) is 8.00. The van der Waals surface area contributed by atoms with E-state index in [9.17, 15) is 14.7 Å². The fourth-order valence-electron chi connectivity index (χ4n) is 3.89. The molecule has 34 heavy (non-hydrogen) atoms. The summed E-state index contributed by atoms with van der Waals surface area (Å²) in [4.78, 5) is 29.7. The van der Waals surface area contributed by atoms with Gasteiger partial charge in [0, 0.05) is 24.2 Å². The Morgan fingerprint density at radius 2 is 1.82 bits per heavy atom. The molecule has 0 aliphatic carbocycles. The minimum atomic E-state index is -0.846. The number of aliphatic hydroxyl groups excluding tert-OH is 1. The van der Waals surface area contributed by atoms with Crippen LogP contribution in [0.4, 0.5) is 0 Å².